The molecule has 12 aromatic rings. The number of rotatable bonds is 5. The highest BCUT2D eigenvalue weighted by atomic mass is 16.3. The smallest absolute Gasteiger partial charge is 0.164 e. The van der Waals surface area contributed by atoms with Gasteiger partial charge in [0.2, 0.25) is 0 Å². The Morgan fingerprint density at radius 2 is 0.877 bits per heavy atom. The van der Waals surface area contributed by atoms with Crippen molar-refractivity contribution in [3.63, 3.8) is 0 Å². The highest BCUT2D eigenvalue weighted by Crippen LogP contribution is 2.41. The number of hydrogen-bond acceptors (Lipinski definition) is 5. The van der Waals surface area contributed by atoms with E-state index in [2.05, 4.69) is 120 Å². The molecule has 0 unspecified atom stereocenters. The van der Waals surface area contributed by atoms with Crippen LogP contribution in [-0.2, 0) is 0 Å². The summed E-state index contributed by atoms with van der Waals surface area (Å²) < 4.78 is 15.0. The molecule has 0 radical (unpaired) electrons. The van der Waals surface area contributed by atoms with Gasteiger partial charge in [-0.2, -0.15) is 0 Å². The van der Waals surface area contributed by atoms with Crippen molar-refractivity contribution in [1.29, 1.82) is 0 Å². The molecule has 0 atom stereocenters. The summed E-state index contributed by atoms with van der Waals surface area (Å²) in [4.78, 5) is 15.1. The van der Waals surface area contributed by atoms with Crippen LogP contribution in [0.25, 0.3) is 117 Å². The molecule has 8 aromatic carbocycles. The van der Waals surface area contributed by atoms with Crippen molar-refractivity contribution in [3.05, 3.63) is 182 Å². The Morgan fingerprint density at radius 1 is 0.333 bits per heavy atom. The van der Waals surface area contributed by atoms with Gasteiger partial charge in [-0.1, -0.05) is 109 Å². The van der Waals surface area contributed by atoms with Crippen LogP contribution in [0.3, 0.4) is 0 Å². The molecule has 0 aliphatic carbocycles. The van der Waals surface area contributed by atoms with Gasteiger partial charge in [0.1, 0.15) is 22.3 Å². The molecule has 0 saturated carbocycles. The average Bonchev–Trinajstić information content (AvgIpc) is 3.95. The fraction of sp³-hybridized carbons (Fsp3) is 0. The predicted octanol–water partition coefficient (Wildman–Crippen LogP) is 13.4. The molecule has 266 valence electrons. The van der Waals surface area contributed by atoms with Gasteiger partial charge in [-0.25, -0.2) is 15.0 Å². The van der Waals surface area contributed by atoms with Crippen molar-refractivity contribution in [2.75, 3.05) is 0 Å². The van der Waals surface area contributed by atoms with Crippen LogP contribution in [0, 0.1) is 0 Å². The number of furan rings is 2. The summed E-state index contributed by atoms with van der Waals surface area (Å²) in [6.07, 6.45) is 0. The topological polar surface area (TPSA) is 69.9 Å². The summed E-state index contributed by atoms with van der Waals surface area (Å²) in [5.74, 6) is 1.75. The number of hydrogen-bond donors (Lipinski definition) is 0. The molecule has 6 heteroatoms. The maximum atomic E-state index is 6.44. The van der Waals surface area contributed by atoms with Crippen LogP contribution in [0.15, 0.2) is 191 Å². The van der Waals surface area contributed by atoms with Crippen LogP contribution < -0.4 is 0 Å². The Morgan fingerprint density at radius 3 is 1.67 bits per heavy atom. The van der Waals surface area contributed by atoms with Crippen molar-refractivity contribution in [2.45, 2.75) is 0 Å². The van der Waals surface area contributed by atoms with E-state index < -0.39 is 0 Å². The fourth-order valence-corrected chi connectivity index (χ4v) is 8.41. The number of aromatic nitrogens is 4. The van der Waals surface area contributed by atoms with Gasteiger partial charge < -0.3 is 13.4 Å². The lowest BCUT2D eigenvalue weighted by molar-refractivity contribution is 0.668. The predicted molar refractivity (Wildman–Crippen MR) is 230 cm³/mol. The molecule has 0 amide bonds. The summed E-state index contributed by atoms with van der Waals surface area (Å²) in [7, 11) is 0. The van der Waals surface area contributed by atoms with Crippen molar-refractivity contribution in [1.82, 2.24) is 19.5 Å². The Labute approximate surface area is 325 Å². The summed E-state index contributed by atoms with van der Waals surface area (Å²) in [5.41, 5.74) is 11.7. The second-order valence-electron chi connectivity index (χ2n) is 14.4. The molecule has 0 saturated heterocycles. The second kappa shape index (κ2) is 12.3. The lowest BCUT2D eigenvalue weighted by atomic mass is 9.97. The van der Waals surface area contributed by atoms with Gasteiger partial charge in [0.15, 0.2) is 17.5 Å². The van der Waals surface area contributed by atoms with E-state index in [0.717, 1.165) is 71.8 Å². The molecule has 57 heavy (non-hydrogen) atoms. The Balaban J connectivity index is 1.02. The normalized spacial score (nSPS) is 11.9. The molecule has 4 aromatic heterocycles. The van der Waals surface area contributed by atoms with Gasteiger partial charge in [-0.15, -0.1) is 0 Å². The minimum atomic E-state index is 0.573. The molecule has 0 aliphatic rings. The summed E-state index contributed by atoms with van der Waals surface area (Å²) >= 11 is 0. The quantitative estimate of drug-likeness (QED) is 0.176. The zero-order valence-corrected chi connectivity index (χ0v) is 30.4. The van der Waals surface area contributed by atoms with Crippen LogP contribution in [0.1, 0.15) is 0 Å². The van der Waals surface area contributed by atoms with Gasteiger partial charge >= 0.3 is 0 Å². The van der Waals surface area contributed by atoms with E-state index in [9.17, 15) is 0 Å². The molecular weight excluding hydrogens is 701 g/mol. The molecule has 0 spiro atoms. The standard InChI is InChI=1S/C51H30N4O2/c1-3-12-31(13-4-1)49-52-50(54-51(53-49)34-22-25-38-37-16-8-10-21-44(37)57-47(38)30-34)33-24-27-46-41(29-33)40-28-32(23-26-45(40)56-46)36-18-11-20-43-48(36)39-17-7-9-19-42(39)55(43)35-14-5-2-6-15-35/h1-30H. The van der Waals surface area contributed by atoms with Crippen molar-refractivity contribution >= 4 is 65.7 Å². The first-order valence-electron chi connectivity index (χ1n) is 19.0. The monoisotopic (exact) mass is 730 g/mol. The van der Waals surface area contributed by atoms with Crippen LogP contribution >= 0.6 is 0 Å². The molecule has 0 bridgehead atoms. The molecule has 6 nitrogen and oxygen atoms in total. The number of fused-ring (bicyclic) bond motifs is 9. The lowest BCUT2D eigenvalue weighted by Crippen LogP contribution is -2.00. The van der Waals surface area contributed by atoms with Gasteiger partial charge in [-0.3, -0.25) is 0 Å². The molecule has 0 N–H and O–H groups in total. The first-order valence-corrected chi connectivity index (χ1v) is 19.0. The van der Waals surface area contributed by atoms with Crippen molar-refractivity contribution in [3.8, 4) is 51.0 Å². The van der Waals surface area contributed by atoms with E-state index in [1.165, 1.54) is 27.4 Å². The zero-order chi connectivity index (χ0) is 37.5. The highest BCUT2D eigenvalue weighted by Gasteiger charge is 2.19. The van der Waals surface area contributed by atoms with E-state index in [0.29, 0.717) is 17.5 Å². The van der Waals surface area contributed by atoms with Gasteiger partial charge in [-0.05, 0) is 83.9 Å². The molecule has 4 heterocycles. The van der Waals surface area contributed by atoms with E-state index in [1.807, 2.05) is 66.7 Å². The van der Waals surface area contributed by atoms with Gasteiger partial charge in [0.25, 0.3) is 0 Å². The molecule has 0 aliphatic heterocycles. The summed E-state index contributed by atoms with van der Waals surface area (Å²) in [6, 6.07) is 62.8. The number of benzene rings is 8. The van der Waals surface area contributed by atoms with Gasteiger partial charge in [0.05, 0.1) is 11.0 Å². The van der Waals surface area contributed by atoms with Crippen LogP contribution in [0.2, 0.25) is 0 Å². The molecule has 12 rings (SSSR count). The van der Waals surface area contributed by atoms with E-state index in [4.69, 9.17) is 23.8 Å². The minimum absolute atomic E-state index is 0.573. The SMILES string of the molecule is c1ccc(-c2nc(-c3ccc4c(c3)oc3ccccc34)nc(-c3ccc4oc5ccc(-c6cccc7c6c6ccccc6n7-c6ccccc6)cc5c4c3)n2)cc1. The Hall–Kier alpha value is -7.83. The van der Waals surface area contributed by atoms with Crippen molar-refractivity contribution < 1.29 is 8.83 Å². The van der Waals surface area contributed by atoms with E-state index >= 15 is 0 Å². The number of para-hydroxylation sites is 3. The Kier molecular flexibility index (Phi) is 6.83. The zero-order valence-electron chi connectivity index (χ0n) is 30.4. The Bertz CT molecular complexity index is 3530. The van der Waals surface area contributed by atoms with E-state index in [-0.39, 0.29) is 0 Å². The first-order chi connectivity index (χ1) is 28.2. The number of nitrogens with zero attached hydrogens (tertiary/aromatic N) is 4. The lowest BCUT2D eigenvalue weighted by Gasteiger charge is -2.09. The maximum Gasteiger partial charge on any atom is 0.164 e. The van der Waals surface area contributed by atoms with Crippen LogP contribution in [-0.4, -0.2) is 19.5 Å². The molecule has 0 fully saturated rings. The second-order valence-corrected chi connectivity index (χ2v) is 14.4. The van der Waals surface area contributed by atoms with Gasteiger partial charge in [0, 0.05) is 54.7 Å². The third-order valence-corrected chi connectivity index (χ3v) is 11.1. The maximum absolute atomic E-state index is 6.44. The summed E-state index contributed by atoms with van der Waals surface area (Å²) in [5, 5.41) is 6.60. The molecular formula is C51H30N4O2. The highest BCUT2D eigenvalue weighted by molar-refractivity contribution is 6.17. The van der Waals surface area contributed by atoms with Crippen molar-refractivity contribution in [2.24, 2.45) is 0 Å². The minimum Gasteiger partial charge on any atom is -0.456 e. The van der Waals surface area contributed by atoms with Crippen LogP contribution in [0.4, 0.5) is 0 Å². The first kappa shape index (κ1) is 31.5. The largest absolute Gasteiger partial charge is 0.456 e. The third-order valence-electron chi connectivity index (χ3n) is 11.1. The fourth-order valence-electron chi connectivity index (χ4n) is 8.41. The van der Waals surface area contributed by atoms with E-state index in [1.54, 1.807) is 0 Å². The van der Waals surface area contributed by atoms with Crippen LogP contribution in [0.5, 0.6) is 0 Å². The third kappa shape index (κ3) is 5.01. The average molecular weight is 731 g/mol. The summed E-state index contributed by atoms with van der Waals surface area (Å²) in [6.45, 7) is 0.